The lowest BCUT2D eigenvalue weighted by atomic mass is 10.1. The molecule has 1 unspecified atom stereocenters. The molecule has 1 aromatic rings. The van der Waals surface area contributed by atoms with Gasteiger partial charge in [0.25, 0.3) is 5.91 Å². The van der Waals surface area contributed by atoms with Gasteiger partial charge >= 0.3 is 0 Å². The highest BCUT2D eigenvalue weighted by atomic mass is 16.2. The highest BCUT2D eigenvalue weighted by Gasteiger charge is 2.10. The summed E-state index contributed by atoms with van der Waals surface area (Å²) in [4.78, 5) is 18.2. The number of aromatic nitrogens is 1. The molecule has 1 heterocycles. The zero-order valence-electron chi connectivity index (χ0n) is 12.9. The summed E-state index contributed by atoms with van der Waals surface area (Å²) in [6, 6.07) is 1.81. The zero-order chi connectivity index (χ0) is 15.7. The van der Waals surface area contributed by atoms with Crippen molar-refractivity contribution in [3.8, 4) is 11.8 Å². The Labute approximate surface area is 126 Å². The fraction of sp³-hybridized carbons (Fsp3) is 0.500. The van der Waals surface area contributed by atoms with Crippen molar-refractivity contribution in [3.63, 3.8) is 0 Å². The summed E-state index contributed by atoms with van der Waals surface area (Å²) in [7, 11) is 4.01. The van der Waals surface area contributed by atoms with E-state index in [0.717, 1.165) is 13.0 Å². The minimum atomic E-state index is -0.139. The molecule has 5 nitrogen and oxygen atoms in total. The highest BCUT2D eigenvalue weighted by Crippen LogP contribution is 2.03. The maximum absolute atomic E-state index is 12.1. The summed E-state index contributed by atoms with van der Waals surface area (Å²) in [6.45, 7) is 2.94. The SMILES string of the molecule is CC(CCN(C)C)NC(=O)c1cncc(C#CCCO)c1. The molecule has 0 fully saturated rings. The number of carbonyl (C=O) groups excluding carboxylic acids is 1. The second-order valence-corrected chi connectivity index (χ2v) is 5.20. The standard InChI is InChI=1S/C16H23N3O2/c1-13(7-8-19(2)3)18-16(21)15-10-14(11-17-12-15)6-4-5-9-20/h10-13,20H,5,7-9H2,1-3H3,(H,18,21). The van der Waals surface area contributed by atoms with Gasteiger partial charge < -0.3 is 15.3 Å². The largest absolute Gasteiger partial charge is 0.395 e. The van der Waals surface area contributed by atoms with E-state index in [1.165, 1.54) is 6.20 Å². The second kappa shape index (κ2) is 9.11. The van der Waals surface area contributed by atoms with Gasteiger partial charge in [-0.1, -0.05) is 11.8 Å². The van der Waals surface area contributed by atoms with E-state index in [1.54, 1.807) is 12.3 Å². The first-order valence-corrected chi connectivity index (χ1v) is 7.03. The maximum atomic E-state index is 12.1. The van der Waals surface area contributed by atoms with Crippen LogP contribution < -0.4 is 5.32 Å². The Kier molecular flexibility index (Phi) is 7.44. The number of nitrogens with zero attached hydrogens (tertiary/aromatic N) is 2. The first-order chi connectivity index (χ1) is 10.0. The molecule has 1 aromatic heterocycles. The van der Waals surface area contributed by atoms with E-state index in [4.69, 9.17) is 5.11 Å². The summed E-state index contributed by atoms with van der Waals surface area (Å²) in [6.07, 6.45) is 4.45. The Morgan fingerprint density at radius 1 is 1.48 bits per heavy atom. The smallest absolute Gasteiger partial charge is 0.253 e. The monoisotopic (exact) mass is 289 g/mol. The molecule has 0 aliphatic heterocycles. The quantitative estimate of drug-likeness (QED) is 0.763. The van der Waals surface area contributed by atoms with E-state index in [1.807, 2.05) is 21.0 Å². The van der Waals surface area contributed by atoms with Gasteiger partial charge in [-0.3, -0.25) is 9.78 Å². The first kappa shape index (κ1) is 17.2. The van der Waals surface area contributed by atoms with Gasteiger partial charge in [0.05, 0.1) is 12.2 Å². The van der Waals surface area contributed by atoms with Crippen LogP contribution in [-0.4, -0.2) is 54.2 Å². The first-order valence-electron chi connectivity index (χ1n) is 7.03. The summed E-state index contributed by atoms with van der Waals surface area (Å²) < 4.78 is 0. The third kappa shape index (κ3) is 6.89. The molecule has 0 spiro atoms. The summed E-state index contributed by atoms with van der Waals surface area (Å²) in [5, 5.41) is 11.6. The molecule has 5 heteroatoms. The van der Waals surface area contributed by atoms with Crippen LogP contribution in [0.3, 0.4) is 0 Å². The van der Waals surface area contributed by atoms with Crippen LogP contribution in [0.25, 0.3) is 0 Å². The van der Waals surface area contributed by atoms with Gasteiger partial charge in [-0.05, 0) is 40.1 Å². The molecule has 0 radical (unpaired) electrons. The number of amides is 1. The lowest BCUT2D eigenvalue weighted by Gasteiger charge is -2.16. The molecule has 2 N–H and O–H groups in total. The normalized spacial score (nSPS) is 11.7. The predicted octanol–water partition coefficient (Wildman–Crippen LogP) is 0.885. The molecule has 0 aliphatic rings. The number of rotatable bonds is 6. The molecular formula is C16H23N3O2. The van der Waals surface area contributed by atoms with Crippen LogP contribution >= 0.6 is 0 Å². The third-order valence-electron chi connectivity index (χ3n) is 2.86. The van der Waals surface area contributed by atoms with Gasteiger partial charge in [-0.15, -0.1) is 0 Å². The van der Waals surface area contributed by atoms with Crippen LogP contribution in [-0.2, 0) is 0 Å². The van der Waals surface area contributed by atoms with Crippen molar-refractivity contribution in [1.82, 2.24) is 15.2 Å². The third-order valence-corrected chi connectivity index (χ3v) is 2.86. The van der Waals surface area contributed by atoms with Crippen molar-refractivity contribution in [2.24, 2.45) is 0 Å². The topological polar surface area (TPSA) is 65.5 Å². The van der Waals surface area contributed by atoms with E-state index < -0.39 is 0 Å². The highest BCUT2D eigenvalue weighted by molar-refractivity contribution is 5.94. The van der Waals surface area contributed by atoms with Gasteiger partial charge in [-0.2, -0.15) is 0 Å². The molecule has 1 amide bonds. The van der Waals surface area contributed by atoms with E-state index in [-0.39, 0.29) is 18.6 Å². The molecular weight excluding hydrogens is 266 g/mol. The van der Waals surface area contributed by atoms with E-state index >= 15 is 0 Å². The molecule has 114 valence electrons. The summed E-state index contributed by atoms with van der Waals surface area (Å²) in [5.41, 5.74) is 1.18. The van der Waals surface area contributed by atoms with Crippen molar-refractivity contribution in [2.45, 2.75) is 25.8 Å². The average Bonchev–Trinajstić information content (AvgIpc) is 2.46. The molecule has 1 atom stereocenters. The van der Waals surface area contributed by atoms with Gasteiger partial charge in [0, 0.05) is 30.4 Å². The van der Waals surface area contributed by atoms with Crippen LogP contribution in [0.1, 0.15) is 35.7 Å². The van der Waals surface area contributed by atoms with E-state index in [2.05, 4.69) is 27.0 Å². The fourth-order valence-electron chi connectivity index (χ4n) is 1.68. The Hall–Kier alpha value is -1.90. The number of aliphatic hydroxyl groups is 1. The van der Waals surface area contributed by atoms with Crippen molar-refractivity contribution < 1.29 is 9.90 Å². The van der Waals surface area contributed by atoms with Gasteiger partial charge in [0.2, 0.25) is 0 Å². The van der Waals surface area contributed by atoms with Crippen molar-refractivity contribution in [1.29, 1.82) is 0 Å². The summed E-state index contributed by atoms with van der Waals surface area (Å²) in [5.74, 6) is 5.55. The van der Waals surface area contributed by atoms with Gasteiger partial charge in [0.15, 0.2) is 0 Å². The number of hydrogen-bond donors (Lipinski definition) is 2. The Bertz CT molecular complexity index is 518. The van der Waals surface area contributed by atoms with Crippen LogP contribution in [0, 0.1) is 11.8 Å². The molecule has 21 heavy (non-hydrogen) atoms. The predicted molar refractivity (Wildman–Crippen MR) is 82.9 cm³/mol. The molecule has 0 aromatic carbocycles. The number of aliphatic hydroxyl groups excluding tert-OH is 1. The molecule has 1 rings (SSSR count). The van der Waals surface area contributed by atoms with Crippen LogP contribution in [0.2, 0.25) is 0 Å². The lowest BCUT2D eigenvalue weighted by molar-refractivity contribution is 0.0936. The number of carbonyl (C=O) groups is 1. The van der Waals surface area contributed by atoms with Crippen molar-refractivity contribution in [3.05, 3.63) is 29.6 Å². The Morgan fingerprint density at radius 2 is 2.24 bits per heavy atom. The Morgan fingerprint density at radius 3 is 2.90 bits per heavy atom. The van der Waals surface area contributed by atoms with Crippen LogP contribution in [0.4, 0.5) is 0 Å². The molecule has 0 saturated heterocycles. The van der Waals surface area contributed by atoms with Crippen LogP contribution in [0.5, 0.6) is 0 Å². The van der Waals surface area contributed by atoms with E-state index in [9.17, 15) is 4.79 Å². The lowest BCUT2D eigenvalue weighted by Crippen LogP contribution is -2.34. The zero-order valence-corrected chi connectivity index (χ0v) is 12.9. The van der Waals surface area contributed by atoms with Crippen molar-refractivity contribution >= 4 is 5.91 Å². The van der Waals surface area contributed by atoms with Crippen LogP contribution in [0.15, 0.2) is 18.5 Å². The molecule has 0 bridgehead atoms. The number of pyridine rings is 1. The van der Waals surface area contributed by atoms with Gasteiger partial charge in [0.1, 0.15) is 0 Å². The second-order valence-electron chi connectivity index (χ2n) is 5.20. The number of hydrogen-bond acceptors (Lipinski definition) is 4. The fourth-order valence-corrected chi connectivity index (χ4v) is 1.68. The molecule has 0 aliphatic carbocycles. The number of nitrogens with one attached hydrogen (secondary N) is 1. The maximum Gasteiger partial charge on any atom is 0.253 e. The minimum Gasteiger partial charge on any atom is -0.395 e. The van der Waals surface area contributed by atoms with E-state index in [0.29, 0.717) is 17.5 Å². The Balaban J connectivity index is 2.62. The minimum absolute atomic E-state index is 0.0317. The van der Waals surface area contributed by atoms with Crippen molar-refractivity contribution in [2.75, 3.05) is 27.2 Å². The average molecular weight is 289 g/mol. The molecule has 0 saturated carbocycles. The van der Waals surface area contributed by atoms with Gasteiger partial charge in [-0.25, -0.2) is 0 Å². The summed E-state index contributed by atoms with van der Waals surface area (Å²) >= 11 is 0.